The van der Waals surface area contributed by atoms with Crippen LogP contribution in [0.4, 0.5) is 14.9 Å². The molecule has 0 saturated carbocycles. The lowest BCUT2D eigenvalue weighted by molar-refractivity contribution is 0.0946. The largest absolute Gasteiger partial charge is 0.465 e. The fourth-order valence-electron chi connectivity index (χ4n) is 3.13. The van der Waals surface area contributed by atoms with E-state index in [0.717, 1.165) is 5.56 Å². The Morgan fingerprint density at radius 2 is 1.60 bits per heavy atom. The van der Waals surface area contributed by atoms with Gasteiger partial charge in [0.15, 0.2) is 0 Å². The summed E-state index contributed by atoms with van der Waals surface area (Å²) >= 11 is 0. The molecular formula is C22H17FN2O5. The molecule has 0 aromatic heterocycles. The summed E-state index contributed by atoms with van der Waals surface area (Å²) in [6.07, 6.45) is -0.544. The first-order chi connectivity index (χ1) is 14.5. The van der Waals surface area contributed by atoms with E-state index >= 15 is 0 Å². The van der Waals surface area contributed by atoms with Gasteiger partial charge in [-0.05, 0) is 54.4 Å². The Balaban J connectivity index is 1.62. The zero-order valence-corrected chi connectivity index (χ0v) is 15.6. The fraction of sp³-hybridized carbons (Fsp3) is 0.0909. The summed E-state index contributed by atoms with van der Waals surface area (Å²) in [4.78, 5) is 23.0. The lowest BCUT2D eigenvalue weighted by Gasteiger charge is -2.17. The SMILES string of the molecule is O=C(O)Nc1cc(Oc2ccc(F)cc2)cc(Oc2ccc3c(c2)CCNC3=O)c1. The van der Waals surface area contributed by atoms with Crippen LogP contribution < -0.4 is 20.1 Å². The number of hydrogen-bond acceptors (Lipinski definition) is 4. The highest BCUT2D eigenvalue weighted by Gasteiger charge is 2.17. The molecular weight excluding hydrogens is 391 g/mol. The van der Waals surface area contributed by atoms with Gasteiger partial charge in [-0.15, -0.1) is 0 Å². The first-order valence-electron chi connectivity index (χ1n) is 9.14. The number of benzene rings is 3. The number of amides is 2. The topological polar surface area (TPSA) is 96.9 Å². The van der Waals surface area contributed by atoms with E-state index in [1.165, 1.54) is 36.4 Å². The minimum atomic E-state index is -1.24. The van der Waals surface area contributed by atoms with E-state index in [0.29, 0.717) is 41.5 Å². The van der Waals surface area contributed by atoms with E-state index < -0.39 is 11.9 Å². The number of carboxylic acid groups (broad SMARTS) is 1. The Bertz CT molecular complexity index is 1120. The Hall–Kier alpha value is -4.07. The lowest BCUT2D eigenvalue weighted by Crippen LogP contribution is -2.31. The van der Waals surface area contributed by atoms with Crippen LogP contribution in [0.5, 0.6) is 23.0 Å². The van der Waals surface area contributed by atoms with Crippen molar-refractivity contribution in [3.8, 4) is 23.0 Å². The van der Waals surface area contributed by atoms with Gasteiger partial charge in [0.25, 0.3) is 5.91 Å². The summed E-state index contributed by atoms with van der Waals surface area (Å²) < 4.78 is 24.7. The number of halogens is 1. The van der Waals surface area contributed by atoms with Crippen molar-refractivity contribution in [1.82, 2.24) is 5.32 Å². The molecule has 0 unspecified atom stereocenters. The van der Waals surface area contributed by atoms with Gasteiger partial charge < -0.3 is 19.9 Å². The van der Waals surface area contributed by atoms with Crippen molar-refractivity contribution in [3.05, 3.63) is 77.6 Å². The van der Waals surface area contributed by atoms with Gasteiger partial charge in [0, 0.05) is 30.3 Å². The van der Waals surface area contributed by atoms with E-state index in [1.807, 2.05) is 0 Å². The number of fused-ring (bicyclic) bond motifs is 1. The average molecular weight is 408 g/mol. The van der Waals surface area contributed by atoms with Gasteiger partial charge in [-0.3, -0.25) is 10.1 Å². The van der Waals surface area contributed by atoms with Gasteiger partial charge in [-0.2, -0.15) is 0 Å². The molecule has 0 fully saturated rings. The van der Waals surface area contributed by atoms with Crippen LogP contribution in [0.1, 0.15) is 15.9 Å². The van der Waals surface area contributed by atoms with E-state index in [-0.39, 0.29) is 11.6 Å². The molecule has 3 aromatic carbocycles. The second-order valence-corrected chi connectivity index (χ2v) is 6.61. The molecule has 7 nitrogen and oxygen atoms in total. The van der Waals surface area contributed by atoms with Crippen LogP contribution in [0.15, 0.2) is 60.7 Å². The normalized spacial score (nSPS) is 12.5. The first kappa shape index (κ1) is 19.3. The molecule has 0 spiro atoms. The predicted octanol–water partition coefficient (Wildman–Crippen LogP) is 4.79. The molecule has 0 aliphatic carbocycles. The quantitative estimate of drug-likeness (QED) is 0.564. The number of ether oxygens (including phenoxy) is 2. The highest BCUT2D eigenvalue weighted by Crippen LogP contribution is 2.33. The second-order valence-electron chi connectivity index (χ2n) is 6.61. The number of anilines is 1. The van der Waals surface area contributed by atoms with Crippen LogP contribution in [0.3, 0.4) is 0 Å². The monoisotopic (exact) mass is 408 g/mol. The molecule has 0 bridgehead atoms. The molecule has 0 radical (unpaired) electrons. The molecule has 1 heterocycles. The molecule has 30 heavy (non-hydrogen) atoms. The van der Waals surface area contributed by atoms with Gasteiger partial charge >= 0.3 is 6.09 Å². The van der Waals surface area contributed by atoms with Gasteiger partial charge in [-0.1, -0.05) is 0 Å². The third-order valence-corrected chi connectivity index (χ3v) is 4.42. The summed E-state index contributed by atoms with van der Waals surface area (Å²) in [5.74, 6) is 1.01. The smallest absolute Gasteiger partial charge is 0.409 e. The average Bonchev–Trinajstić information content (AvgIpc) is 2.69. The molecule has 8 heteroatoms. The van der Waals surface area contributed by atoms with E-state index in [4.69, 9.17) is 14.6 Å². The lowest BCUT2D eigenvalue weighted by atomic mass is 10.0. The number of hydrogen-bond donors (Lipinski definition) is 3. The van der Waals surface area contributed by atoms with Crippen LogP contribution >= 0.6 is 0 Å². The maximum absolute atomic E-state index is 13.1. The molecule has 1 aliphatic rings. The van der Waals surface area contributed by atoms with Crippen molar-refractivity contribution in [2.75, 3.05) is 11.9 Å². The third kappa shape index (κ3) is 4.49. The predicted molar refractivity (Wildman–Crippen MR) is 107 cm³/mol. The zero-order chi connectivity index (χ0) is 21.1. The molecule has 4 rings (SSSR count). The minimum absolute atomic E-state index is 0.120. The van der Waals surface area contributed by atoms with Crippen molar-refractivity contribution in [1.29, 1.82) is 0 Å². The van der Waals surface area contributed by atoms with Gasteiger partial charge in [-0.25, -0.2) is 9.18 Å². The van der Waals surface area contributed by atoms with Gasteiger partial charge in [0.2, 0.25) is 0 Å². The molecule has 2 amide bonds. The van der Waals surface area contributed by atoms with Crippen LogP contribution in [0.2, 0.25) is 0 Å². The Kier molecular flexibility index (Phi) is 5.21. The van der Waals surface area contributed by atoms with E-state index in [2.05, 4.69) is 10.6 Å². The molecule has 0 atom stereocenters. The third-order valence-electron chi connectivity index (χ3n) is 4.42. The number of carbonyl (C=O) groups is 2. The van der Waals surface area contributed by atoms with Crippen LogP contribution in [0.25, 0.3) is 0 Å². The second kappa shape index (κ2) is 8.12. The van der Waals surface area contributed by atoms with Crippen molar-refractivity contribution < 1.29 is 28.6 Å². The molecule has 3 aromatic rings. The molecule has 1 aliphatic heterocycles. The van der Waals surface area contributed by atoms with Crippen molar-refractivity contribution in [2.24, 2.45) is 0 Å². The van der Waals surface area contributed by atoms with Crippen LogP contribution in [-0.4, -0.2) is 23.7 Å². The standard InChI is InChI=1S/C22H17FN2O5/c23-14-1-3-16(4-2-14)29-18-10-15(25-22(27)28)11-19(12-18)30-17-5-6-20-13(9-17)7-8-24-21(20)26/h1-6,9-12,25H,7-8H2,(H,24,26)(H,27,28). The van der Waals surface area contributed by atoms with Crippen molar-refractivity contribution in [2.45, 2.75) is 6.42 Å². The summed E-state index contributed by atoms with van der Waals surface area (Å²) in [6.45, 7) is 0.558. The van der Waals surface area contributed by atoms with E-state index in [9.17, 15) is 14.0 Å². The first-order valence-corrected chi connectivity index (χ1v) is 9.14. The Morgan fingerprint density at radius 3 is 2.30 bits per heavy atom. The van der Waals surface area contributed by atoms with Gasteiger partial charge in [0.05, 0.1) is 5.69 Å². The number of carbonyl (C=O) groups excluding carboxylic acids is 1. The fourth-order valence-corrected chi connectivity index (χ4v) is 3.13. The van der Waals surface area contributed by atoms with Crippen LogP contribution in [-0.2, 0) is 6.42 Å². The van der Waals surface area contributed by atoms with Crippen LogP contribution in [0, 0.1) is 5.82 Å². The highest BCUT2D eigenvalue weighted by atomic mass is 19.1. The highest BCUT2D eigenvalue weighted by molar-refractivity contribution is 5.96. The van der Waals surface area contributed by atoms with Gasteiger partial charge in [0.1, 0.15) is 28.8 Å². The zero-order valence-electron chi connectivity index (χ0n) is 15.6. The molecule has 0 saturated heterocycles. The van der Waals surface area contributed by atoms with Crippen molar-refractivity contribution in [3.63, 3.8) is 0 Å². The molecule has 152 valence electrons. The summed E-state index contributed by atoms with van der Waals surface area (Å²) in [5.41, 5.74) is 1.73. The Labute approximate surface area is 171 Å². The van der Waals surface area contributed by atoms with E-state index in [1.54, 1.807) is 24.3 Å². The Morgan fingerprint density at radius 1 is 0.933 bits per heavy atom. The molecule has 3 N–H and O–H groups in total. The number of nitrogens with one attached hydrogen (secondary N) is 2. The summed E-state index contributed by atoms with van der Waals surface area (Å²) in [7, 11) is 0. The summed E-state index contributed by atoms with van der Waals surface area (Å²) in [5, 5.41) is 14.1. The summed E-state index contributed by atoms with van der Waals surface area (Å²) in [6, 6.07) is 15.2. The van der Waals surface area contributed by atoms with Crippen molar-refractivity contribution >= 4 is 17.7 Å². The number of rotatable bonds is 5. The maximum Gasteiger partial charge on any atom is 0.409 e. The minimum Gasteiger partial charge on any atom is -0.465 e. The maximum atomic E-state index is 13.1.